The van der Waals surface area contributed by atoms with E-state index >= 15 is 0 Å². The number of thiophene rings is 1. The summed E-state index contributed by atoms with van der Waals surface area (Å²) >= 11 is 5.61. The van der Waals surface area contributed by atoms with Gasteiger partial charge in [-0.25, -0.2) is 13.4 Å². The van der Waals surface area contributed by atoms with Crippen molar-refractivity contribution in [2.45, 2.75) is 17.2 Å². The molecule has 2 aromatic heterocycles. The number of aromatic nitrogens is 1. The topological polar surface area (TPSA) is 88.2 Å². The molecule has 1 aromatic carbocycles. The third-order valence-electron chi connectivity index (χ3n) is 3.33. The second kappa shape index (κ2) is 7.97. The van der Waals surface area contributed by atoms with Gasteiger partial charge in [0.15, 0.2) is 5.13 Å². The van der Waals surface area contributed by atoms with Gasteiger partial charge in [-0.1, -0.05) is 30.3 Å². The van der Waals surface area contributed by atoms with Gasteiger partial charge in [0, 0.05) is 5.38 Å². The van der Waals surface area contributed by atoms with Gasteiger partial charge in [0.05, 0.1) is 9.48 Å². The lowest BCUT2D eigenvalue weighted by Crippen LogP contribution is -2.36. The van der Waals surface area contributed by atoms with E-state index in [1.54, 1.807) is 41.8 Å². The second-order valence-corrected chi connectivity index (χ2v) is 10.6. The third kappa shape index (κ3) is 4.57. The van der Waals surface area contributed by atoms with Crippen molar-refractivity contribution in [2.75, 3.05) is 5.32 Å². The van der Waals surface area contributed by atoms with Crippen LogP contribution in [0.25, 0.3) is 0 Å². The molecule has 0 radical (unpaired) electrons. The van der Waals surface area contributed by atoms with Crippen LogP contribution < -0.4 is 10.0 Å². The average molecular weight is 472 g/mol. The number of halogens is 1. The van der Waals surface area contributed by atoms with Crippen molar-refractivity contribution in [1.82, 2.24) is 9.71 Å². The van der Waals surface area contributed by atoms with Crippen molar-refractivity contribution >= 4 is 59.7 Å². The summed E-state index contributed by atoms with van der Waals surface area (Å²) < 4.78 is 28.7. The normalized spacial score (nSPS) is 12.7. The van der Waals surface area contributed by atoms with Gasteiger partial charge >= 0.3 is 0 Å². The molecule has 136 valence electrons. The number of hydrogen-bond donors (Lipinski definition) is 2. The fourth-order valence-electron chi connectivity index (χ4n) is 2.16. The van der Waals surface area contributed by atoms with Crippen molar-refractivity contribution in [3.05, 3.63) is 62.9 Å². The highest BCUT2D eigenvalue weighted by Gasteiger charge is 2.28. The van der Waals surface area contributed by atoms with Gasteiger partial charge in [0.1, 0.15) is 10.3 Å². The van der Waals surface area contributed by atoms with Crippen LogP contribution in [0.5, 0.6) is 0 Å². The van der Waals surface area contributed by atoms with E-state index in [0.29, 0.717) is 14.5 Å². The summed E-state index contributed by atoms with van der Waals surface area (Å²) in [5, 5.41) is 4.90. The number of nitrogens with one attached hydrogen (secondary N) is 2. The van der Waals surface area contributed by atoms with E-state index in [9.17, 15) is 13.2 Å². The summed E-state index contributed by atoms with van der Waals surface area (Å²) in [5.41, 5.74) is 1.32. The average Bonchev–Trinajstić information content (AvgIpc) is 3.22. The lowest BCUT2D eigenvalue weighted by molar-refractivity contribution is -0.117. The zero-order chi connectivity index (χ0) is 18.7. The predicted molar refractivity (Wildman–Crippen MR) is 107 cm³/mol. The third-order valence-corrected chi connectivity index (χ3v) is 7.74. The lowest BCUT2D eigenvalue weighted by atomic mass is 10.1. The number of nitrogens with zero attached hydrogens (tertiary/aromatic N) is 1. The van der Waals surface area contributed by atoms with Gasteiger partial charge in [-0.3, -0.25) is 4.79 Å². The molecule has 2 N–H and O–H groups in total. The maximum absolute atomic E-state index is 12.8. The van der Waals surface area contributed by atoms with Crippen LogP contribution in [-0.4, -0.2) is 19.3 Å². The summed E-state index contributed by atoms with van der Waals surface area (Å²) in [5.74, 6) is -0.496. The number of thiazole rings is 1. The summed E-state index contributed by atoms with van der Waals surface area (Å²) in [4.78, 5) is 16.9. The number of carbonyl (C=O) groups excluding carboxylic acids is 1. The lowest BCUT2D eigenvalue weighted by Gasteiger charge is -2.17. The van der Waals surface area contributed by atoms with Gasteiger partial charge in [-0.05, 0) is 40.5 Å². The molecule has 1 amide bonds. The van der Waals surface area contributed by atoms with Gasteiger partial charge in [0.2, 0.25) is 5.91 Å². The maximum atomic E-state index is 12.8. The minimum absolute atomic E-state index is 0.128. The number of rotatable bonds is 6. The zero-order valence-corrected chi connectivity index (χ0v) is 17.5. The van der Waals surface area contributed by atoms with Gasteiger partial charge in [-0.2, -0.15) is 4.72 Å². The largest absolute Gasteiger partial charge is 0.300 e. The van der Waals surface area contributed by atoms with Crippen molar-refractivity contribution in [3.63, 3.8) is 0 Å². The van der Waals surface area contributed by atoms with E-state index in [4.69, 9.17) is 0 Å². The Labute approximate surface area is 167 Å². The van der Waals surface area contributed by atoms with E-state index in [1.165, 1.54) is 17.4 Å². The minimum atomic E-state index is -3.86. The predicted octanol–water partition coefficient (Wildman–Crippen LogP) is 3.93. The van der Waals surface area contributed by atoms with Crippen LogP contribution in [0.4, 0.5) is 5.13 Å². The molecule has 0 aliphatic carbocycles. The number of anilines is 1. The van der Waals surface area contributed by atoms with Crippen LogP contribution in [0.2, 0.25) is 0 Å². The Hall–Kier alpha value is -1.59. The highest BCUT2D eigenvalue weighted by atomic mass is 79.9. The summed E-state index contributed by atoms with van der Waals surface area (Å²) in [7, 11) is -3.86. The van der Waals surface area contributed by atoms with Crippen molar-refractivity contribution in [3.8, 4) is 0 Å². The van der Waals surface area contributed by atoms with Crippen LogP contribution in [0, 0.1) is 6.92 Å². The first kappa shape index (κ1) is 19.2. The molecule has 2 heterocycles. The fourth-order valence-corrected chi connectivity index (χ4v) is 6.06. The first-order valence-corrected chi connectivity index (χ1v) is 11.4. The number of sulfonamides is 1. The number of benzene rings is 1. The van der Waals surface area contributed by atoms with Gasteiger partial charge in [-0.15, -0.1) is 22.7 Å². The first-order valence-electron chi connectivity index (χ1n) is 7.41. The fraction of sp³-hybridized carbons (Fsp3) is 0.125. The Morgan fingerprint density at radius 1 is 1.19 bits per heavy atom. The van der Waals surface area contributed by atoms with E-state index in [0.717, 1.165) is 17.0 Å². The number of aryl methyl sites for hydroxylation is 1. The molecule has 0 saturated carbocycles. The molecule has 3 aromatic rings. The van der Waals surface area contributed by atoms with Crippen molar-refractivity contribution in [1.29, 1.82) is 0 Å². The van der Waals surface area contributed by atoms with Crippen LogP contribution in [0.15, 0.2) is 55.8 Å². The first-order chi connectivity index (χ1) is 12.3. The Balaban J connectivity index is 1.90. The molecule has 0 unspecified atom stereocenters. The van der Waals surface area contributed by atoms with Crippen LogP contribution in [-0.2, 0) is 14.8 Å². The van der Waals surface area contributed by atoms with Crippen LogP contribution >= 0.6 is 38.6 Å². The molecule has 26 heavy (non-hydrogen) atoms. The molecule has 0 aliphatic rings. The van der Waals surface area contributed by atoms with Crippen LogP contribution in [0.3, 0.4) is 0 Å². The van der Waals surface area contributed by atoms with E-state index in [2.05, 4.69) is 31.0 Å². The van der Waals surface area contributed by atoms with Crippen molar-refractivity contribution in [2.24, 2.45) is 0 Å². The quantitative estimate of drug-likeness (QED) is 0.569. The monoisotopic (exact) mass is 471 g/mol. The minimum Gasteiger partial charge on any atom is -0.300 e. The smallest absolute Gasteiger partial charge is 0.251 e. The molecule has 0 fully saturated rings. The van der Waals surface area contributed by atoms with E-state index < -0.39 is 22.0 Å². The molecule has 3 rings (SSSR count). The van der Waals surface area contributed by atoms with Crippen LogP contribution in [0.1, 0.15) is 17.3 Å². The van der Waals surface area contributed by atoms with Gasteiger partial charge in [0.25, 0.3) is 10.0 Å². The Kier molecular flexibility index (Phi) is 5.88. The number of carbonyl (C=O) groups is 1. The summed E-state index contributed by atoms with van der Waals surface area (Å²) in [6.45, 7) is 1.82. The molecular formula is C16H14BrN3O3S3. The molecule has 0 aliphatic heterocycles. The molecule has 10 heteroatoms. The maximum Gasteiger partial charge on any atom is 0.251 e. The van der Waals surface area contributed by atoms with Crippen molar-refractivity contribution < 1.29 is 13.2 Å². The Morgan fingerprint density at radius 2 is 1.92 bits per heavy atom. The summed E-state index contributed by atoms with van der Waals surface area (Å²) in [6.07, 6.45) is 0. The molecular weight excluding hydrogens is 458 g/mol. The summed E-state index contributed by atoms with van der Waals surface area (Å²) in [6, 6.07) is 10.8. The molecule has 0 saturated heterocycles. The molecule has 6 nitrogen and oxygen atoms in total. The Morgan fingerprint density at radius 3 is 2.50 bits per heavy atom. The zero-order valence-electron chi connectivity index (χ0n) is 13.5. The molecule has 0 bridgehead atoms. The van der Waals surface area contributed by atoms with E-state index in [-0.39, 0.29) is 4.21 Å². The highest BCUT2D eigenvalue weighted by Crippen LogP contribution is 2.28. The van der Waals surface area contributed by atoms with Gasteiger partial charge < -0.3 is 5.32 Å². The SMILES string of the molecule is Cc1csc(NC(=O)[C@H](NS(=O)(=O)c2ccc(Br)s2)c2ccccc2)n1. The second-order valence-electron chi connectivity index (χ2n) is 5.31. The number of amides is 1. The Bertz CT molecular complexity index is 1020. The standard InChI is InChI=1S/C16H14BrN3O3S3/c1-10-9-24-16(18-10)19-15(21)14(11-5-3-2-4-6-11)20-26(22,23)13-8-7-12(17)25-13/h2-9,14,20H,1H3,(H,18,19,21)/t14-/m1/s1. The molecule has 0 spiro atoms. The molecule has 1 atom stereocenters. The van der Waals surface area contributed by atoms with E-state index in [1.807, 2.05) is 6.92 Å². The highest BCUT2D eigenvalue weighted by molar-refractivity contribution is 9.11. The number of hydrogen-bond acceptors (Lipinski definition) is 6.